The van der Waals surface area contributed by atoms with Crippen LogP contribution in [0.3, 0.4) is 0 Å². The molecule has 0 spiro atoms. The number of fused-ring (bicyclic) bond motifs is 3. The number of hydrazine groups is 1. The second-order valence-corrected chi connectivity index (χ2v) is 9.05. The Balaban J connectivity index is 1.70. The molecule has 0 bridgehead atoms. The van der Waals surface area contributed by atoms with Crippen LogP contribution in [0.25, 0.3) is 0 Å². The summed E-state index contributed by atoms with van der Waals surface area (Å²) in [6.07, 6.45) is 0.992. The van der Waals surface area contributed by atoms with E-state index in [1.807, 2.05) is 35.3 Å². The van der Waals surface area contributed by atoms with Gasteiger partial charge in [0.1, 0.15) is 11.6 Å². The number of nitrogens with two attached hydrogens (primary N) is 1. The number of carbonyl (C=O) groups is 2. The number of methoxy groups -OCH3 is 1. The Morgan fingerprint density at radius 3 is 2.56 bits per heavy atom. The highest BCUT2D eigenvalue weighted by molar-refractivity contribution is 5.74. The molecule has 2 fully saturated rings. The number of amides is 2. The second kappa shape index (κ2) is 9.23. The fourth-order valence-electron chi connectivity index (χ4n) is 5.73. The van der Waals surface area contributed by atoms with Gasteiger partial charge in [-0.3, -0.25) is 9.69 Å². The van der Waals surface area contributed by atoms with Crippen LogP contribution in [0.1, 0.15) is 42.5 Å². The molecule has 3 aliphatic heterocycles. The van der Waals surface area contributed by atoms with Crippen LogP contribution in [0.4, 0.5) is 9.18 Å². The monoisotopic (exact) mass is 468 g/mol. The van der Waals surface area contributed by atoms with Crippen LogP contribution in [0, 0.1) is 11.7 Å². The number of likely N-dealkylation sites (tertiary alicyclic amines) is 1. The maximum atomic E-state index is 14.5. The molecule has 2 N–H and O–H groups in total. The van der Waals surface area contributed by atoms with Crippen molar-refractivity contribution in [2.45, 2.75) is 37.5 Å². The van der Waals surface area contributed by atoms with E-state index in [1.54, 1.807) is 11.1 Å². The molecule has 8 nitrogen and oxygen atoms in total. The minimum atomic E-state index is -0.546. The summed E-state index contributed by atoms with van der Waals surface area (Å²) in [6, 6.07) is 13.3. The zero-order valence-corrected chi connectivity index (χ0v) is 19.1. The normalized spacial score (nSPS) is 25.4. The molecule has 5 rings (SSSR count). The number of benzene rings is 2. The number of nitrogens with zero attached hydrogens (tertiary/aromatic N) is 3. The van der Waals surface area contributed by atoms with Crippen LogP contribution >= 0.6 is 0 Å². The van der Waals surface area contributed by atoms with E-state index < -0.39 is 30.2 Å². The van der Waals surface area contributed by atoms with Crippen molar-refractivity contribution in [3.05, 3.63) is 65.5 Å². The van der Waals surface area contributed by atoms with Crippen LogP contribution in [-0.2, 0) is 9.53 Å². The molecule has 180 valence electrons. The Bertz CT molecular complexity index is 1060. The first-order chi connectivity index (χ1) is 16.5. The molecule has 4 atom stereocenters. The minimum absolute atomic E-state index is 0.0315. The van der Waals surface area contributed by atoms with Gasteiger partial charge in [0.05, 0.1) is 38.4 Å². The number of primary amides is 1. The van der Waals surface area contributed by atoms with Crippen molar-refractivity contribution in [1.29, 1.82) is 0 Å². The molecule has 3 aliphatic rings. The fraction of sp³-hybridized carbons (Fsp3) is 0.440. The molecule has 3 heterocycles. The maximum absolute atomic E-state index is 14.5. The van der Waals surface area contributed by atoms with Gasteiger partial charge in [-0.05, 0) is 49.7 Å². The summed E-state index contributed by atoms with van der Waals surface area (Å²) >= 11 is 0. The second-order valence-electron chi connectivity index (χ2n) is 9.05. The summed E-state index contributed by atoms with van der Waals surface area (Å²) in [5.41, 5.74) is 7.26. The minimum Gasteiger partial charge on any atom is -0.493 e. The Labute approximate surface area is 198 Å². The largest absolute Gasteiger partial charge is 0.493 e. The molecule has 2 aromatic rings. The summed E-state index contributed by atoms with van der Waals surface area (Å²) in [4.78, 5) is 27.8. The summed E-state index contributed by atoms with van der Waals surface area (Å²) in [7, 11) is 1.34. The first kappa shape index (κ1) is 22.6. The summed E-state index contributed by atoms with van der Waals surface area (Å²) in [5, 5.41) is 3.50. The molecular formula is C25H29FN4O4. The molecule has 2 aromatic carbocycles. The van der Waals surface area contributed by atoms with Crippen molar-refractivity contribution in [2.75, 3.05) is 26.8 Å². The van der Waals surface area contributed by atoms with E-state index in [1.165, 1.54) is 19.2 Å². The Hall–Kier alpha value is -3.17. The third-order valence-electron chi connectivity index (χ3n) is 7.08. The first-order valence-electron chi connectivity index (χ1n) is 11.6. The smallest absolute Gasteiger partial charge is 0.424 e. The average Bonchev–Trinajstić information content (AvgIpc) is 3.49. The van der Waals surface area contributed by atoms with Gasteiger partial charge in [-0.25, -0.2) is 14.2 Å². The van der Waals surface area contributed by atoms with Crippen molar-refractivity contribution in [3.8, 4) is 5.75 Å². The van der Waals surface area contributed by atoms with Crippen LogP contribution in [-0.4, -0.2) is 59.9 Å². The third-order valence-corrected chi connectivity index (χ3v) is 7.08. The van der Waals surface area contributed by atoms with Crippen molar-refractivity contribution in [3.63, 3.8) is 0 Å². The molecule has 34 heavy (non-hydrogen) atoms. The quantitative estimate of drug-likeness (QED) is 0.725. The van der Waals surface area contributed by atoms with Crippen molar-refractivity contribution < 1.29 is 23.5 Å². The highest BCUT2D eigenvalue weighted by atomic mass is 19.1. The van der Waals surface area contributed by atoms with Crippen LogP contribution < -0.4 is 10.5 Å². The molecule has 0 aliphatic carbocycles. The van der Waals surface area contributed by atoms with E-state index in [-0.39, 0.29) is 18.2 Å². The van der Waals surface area contributed by atoms with Gasteiger partial charge in [0.15, 0.2) is 0 Å². The molecule has 0 radical (unpaired) electrons. The SMILES string of the molecule is COC(=O)N1[C@H](c2ccccc2)[C@@H]2COc3ccc(F)cc3C2N1C(CC(N)=O)N1CCCC1. The summed E-state index contributed by atoms with van der Waals surface area (Å²) in [5.74, 6) is -0.490. The van der Waals surface area contributed by atoms with E-state index in [4.69, 9.17) is 15.2 Å². The number of halogens is 1. The van der Waals surface area contributed by atoms with E-state index in [9.17, 15) is 14.0 Å². The average molecular weight is 469 g/mol. The molecule has 2 amide bonds. The van der Waals surface area contributed by atoms with Crippen molar-refractivity contribution in [1.82, 2.24) is 14.9 Å². The number of ether oxygens (including phenoxy) is 2. The van der Waals surface area contributed by atoms with E-state index in [2.05, 4.69) is 4.90 Å². The molecule has 2 saturated heterocycles. The zero-order valence-electron chi connectivity index (χ0n) is 19.1. The van der Waals surface area contributed by atoms with Gasteiger partial charge < -0.3 is 15.2 Å². The van der Waals surface area contributed by atoms with Gasteiger partial charge in [0.25, 0.3) is 0 Å². The lowest BCUT2D eigenvalue weighted by Gasteiger charge is -2.43. The Morgan fingerprint density at radius 2 is 1.88 bits per heavy atom. The number of rotatable bonds is 5. The Morgan fingerprint density at radius 1 is 1.15 bits per heavy atom. The molecule has 0 aromatic heterocycles. The van der Waals surface area contributed by atoms with Crippen LogP contribution in [0.15, 0.2) is 48.5 Å². The molecule has 2 unspecified atom stereocenters. The number of hydrogen-bond acceptors (Lipinski definition) is 6. The zero-order chi connectivity index (χ0) is 23.8. The van der Waals surface area contributed by atoms with Crippen molar-refractivity contribution >= 4 is 12.0 Å². The summed E-state index contributed by atoms with van der Waals surface area (Å²) < 4.78 is 25.8. The molecule has 0 saturated carbocycles. The van der Waals surface area contributed by atoms with Crippen LogP contribution in [0.2, 0.25) is 0 Å². The van der Waals surface area contributed by atoms with Gasteiger partial charge in [-0.2, -0.15) is 5.01 Å². The van der Waals surface area contributed by atoms with Gasteiger partial charge in [-0.15, -0.1) is 0 Å². The van der Waals surface area contributed by atoms with Gasteiger partial charge in [-0.1, -0.05) is 30.3 Å². The lowest BCUT2D eigenvalue weighted by atomic mass is 9.84. The first-order valence-corrected chi connectivity index (χ1v) is 11.6. The summed E-state index contributed by atoms with van der Waals surface area (Å²) in [6.45, 7) is 1.89. The number of carbonyl (C=O) groups excluding carboxylic acids is 2. The predicted molar refractivity (Wildman–Crippen MR) is 122 cm³/mol. The highest BCUT2D eigenvalue weighted by Gasteiger charge is 2.57. The topological polar surface area (TPSA) is 88.3 Å². The maximum Gasteiger partial charge on any atom is 0.424 e. The predicted octanol–water partition coefficient (Wildman–Crippen LogP) is 3.21. The van der Waals surface area contributed by atoms with Crippen LogP contribution in [0.5, 0.6) is 5.75 Å². The standard InChI is InChI=1S/C25H29FN4O4/c1-33-25(32)30-23(16-7-3-2-4-8-16)19-15-34-20-10-9-17(26)13-18(20)24(19)29(30)22(14-21(27)31)28-11-5-6-12-28/h2-4,7-10,13,19,22-24H,5-6,11-12,14-15H2,1H3,(H2,27,31)/t19-,22?,23+,24?/m0/s1. The van der Waals surface area contributed by atoms with E-state index in [0.717, 1.165) is 31.5 Å². The Kier molecular flexibility index (Phi) is 6.14. The molecule has 9 heteroatoms. The van der Waals surface area contributed by atoms with Gasteiger partial charge in [0.2, 0.25) is 5.91 Å². The van der Waals surface area contributed by atoms with Gasteiger partial charge >= 0.3 is 6.09 Å². The van der Waals surface area contributed by atoms with E-state index >= 15 is 0 Å². The van der Waals surface area contributed by atoms with Crippen molar-refractivity contribution in [2.24, 2.45) is 11.7 Å². The highest BCUT2D eigenvalue weighted by Crippen LogP contribution is 2.54. The lowest BCUT2D eigenvalue weighted by molar-refractivity contribution is -0.130. The van der Waals surface area contributed by atoms with E-state index in [0.29, 0.717) is 17.9 Å². The third kappa shape index (κ3) is 3.88. The van der Waals surface area contributed by atoms with Gasteiger partial charge in [0, 0.05) is 11.5 Å². The number of hydrogen-bond donors (Lipinski definition) is 1. The fourth-order valence-corrected chi connectivity index (χ4v) is 5.73. The lowest BCUT2D eigenvalue weighted by Crippen LogP contribution is -2.56. The molecular weight excluding hydrogens is 439 g/mol.